The van der Waals surface area contributed by atoms with Crippen molar-refractivity contribution in [1.82, 2.24) is 4.72 Å². The Balaban J connectivity index is 3.18. The summed E-state index contributed by atoms with van der Waals surface area (Å²) in [6, 6.07) is 4.38. The van der Waals surface area contributed by atoms with Gasteiger partial charge in [-0.15, -0.1) is 0 Å². The summed E-state index contributed by atoms with van der Waals surface area (Å²) in [5.41, 5.74) is -0.123. The fraction of sp³-hybridized carbons (Fsp3) is 0.222. The molecule has 0 atom stereocenters. The van der Waals surface area contributed by atoms with Crippen LogP contribution >= 0.6 is 15.9 Å². The van der Waals surface area contributed by atoms with Gasteiger partial charge in [-0.05, 0) is 28.1 Å². The van der Waals surface area contributed by atoms with E-state index in [1.54, 1.807) is 13.0 Å². The molecule has 1 aromatic carbocycles. The Bertz CT molecular complexity index is 530. The highest BCUT2D eigenvalue weighted by atomic mass is 79.9. The minimum atomic E-state index is -3.76. The van der Waals surface area contributed by atoms with E-state index in [2.05, 4.69) is 25.4 Å². The smallest absolute Gasteiger partial charge is 0.337 e. The lowest BCUT2D eigenvalue weighted by Crippen LogP contribution is -2.30. The average Bonchev–Trinajstić information content (AvgIpc) is 2.20. The molecule has 17 heavy (non-hydrogen) atoms. The van der Waals surface area contributed by atoms with E-state index in [-0.39, 0.29) is 17.8 Å². The molecule has 0 bridgehead atoms. The van der Waals surface area contributed by atoms with Gasteiger partial charge in [-0.2, -0.15) is 13.1 Å². The summed E-state index contributed by atoms with van der Waals surface area (Å²) in [6.45, 7) is 1.83. The molecule has 8 heteroatoms. The highest BCUT2D eigenvalue weighted by Crippen LogP contribution is 2.27. The number of para-hydroxylation sites is 1. The first kappa shape index (κ1) is 13.9. The van der Waals surface area contributed by atoms with E-state index in [0.717, 1.165) is 0 Å². The summed E-state index contributed by atoms with van der Waals surface area (Å²) in [7, 11) is -3.76. The van der Waals surface area contributed by atoms with Gasteiger partial charge in [-0.1, -0.05) is 13.0 Å². The fourth-order valence-electron chi connectivity index (χ4n) is 1.17. The van der Waals surface area contributed by atoms with Crippen LogP contribution in [0.1, 0.15) is 17.3 Å². The molecule has 1 rings (SSSR count). The van der Waals surface area contributed by atoms with Crippen LogP contribution in [0.15, 0.2) is 22.7 Å². The number of hydrogen-bond donors (Lipinski definition) is 3. The van der Waals surface area contributed by atoms with Gasteiger partial charge in [0.2, 0.25) is 0 Å². The lowest BCUT2D eigenvalue weighted by atomic mass is 10.2. The first-order chi connectivity index (χ1) is 7.87. The first-order valence-electron chi connectivity index (χ1n) is 4.66. The molecule has 0 saturated heterocycles. The molecule has 0 amide bonds. The standard InChI is InChI=1S/C9H11BrN2O4S/c1-2-11-17(15,16)12-8-6(9(13)14)4-3-5-7(8)10/h3-5,11-12H,2H2,1H3,(H,13,14). The molecular formula is C9H11BrN2O4S. The Morgan fingerprint density at radius 3 is 2.65 bits per heavy atom. The van der Waals surface area contributed by atoms with E-state index in [4.69, 9.17) is 5.11 Å². The lowest BCUT2D eigenvalue weighted by Gasteiger charge is -2.12. The molecular weight excluding hydrogens is 312 g/mol. The average molecular weight is 323 g/mol. The van der Waals surface area contributed by atoms with E-state index in [9.17, 15) is 13.2 Å². The zero-order valence-corrected chi connectivity index (χ0v) is 11.3. The zero-order valence-electron chi connectivity index (χ0n) is 8.90. The minimum absolute atomic E-state index is 0.000880. The molecule has 0 aromatic heterocycles. The minimum Gasteiger partial charge on any atom is -0.478 e. The number of aromatic carboxylic acids is 1. The number of halogens is 1. The number of hydrogen-bond acceptors (Lipinski definition) is 3. The molecule has 0 aliphatic heterocycles. The van der Waals surface area contributed by atoms with Crippen molar-refractivity contribution in [1.29, 1.82) is 0 Å². The molecule has 0 saturated carbocycles. The number of rotatable bonds is 5. The largest absolute Gasteiger partial charge is 0.478 e. The molecule has 0 spiro atoms. The van der Waals surface area contributed by atoms with Gasteiger partial charge in [0.05, 0.1) is 11.3 Å². The predicted octanol–water partition coefficient (Wildman–Crippen LogP) is 1.41. The van der Waals surface area contributed by atoms with Crippen LogP contribution in [-0.2, 0) is 10.2 Å². The first-order valence-corrected chi connectivity index (χ1v) is 6.94. The van der Waals surface area contributed by atoms with Gasteiger partial charge in [0, 0.05) is 11.0 Å². The van der Waals surface area contributed by atoms with Crippen LogP contribution in [-0.4, -0.2) is 26.0 Å². The SMILES string of the molecule is CCNS(=O)(=O)Nc1c(Br)cccc1C(=O)O. The van der Waals surface area contributed by atoms with Gasteiger partial charge in [0.1, 0.15) is 0 Å². The summed E-state index contributed by atoms with van der Waals surface area (Å²) in [5.74, 6) is -1.21. The fourth-order valence-corrected chi connectivity index (χ4v) is 2.70. The van der Waals surface area contributed by atoms with Gasteiger partial charge < -0.3 is 5.11 Å². The van der Waals surface area contributed by atoms with Crippen molar-refractivity contribution in [3.63, 3.8) is 0 Å². The number of carboxylic acids is 1. The highest BCUT2D eigenvalue weighted by Gasteiger charge is 2.17. The Morgan fingerprint density at radius 1 is 1.47 bits per heavy atom. The van der Waals surface area contributed by atoms with Crippen LogP contribution in [0.3, 0.4) is 0 Å². The maximum absolute atomic E-state index is 11.5. The molecule has 0 unspecified atom stereocenters. The molecule has 6 nitrogen and oxygen atoms in total. The second-order valence-corrected chi connectivity index (χ2v) is 5.42. The van der Waals surface area contributed by atoms with Gasteiger partial charge in [0.25, 0.3) is 10.2 Å². The third-order valence-corrected chi connectivity index (χ3v) is 3.62. The van der Waals surface area contributed by atoms with E-state index in [1.165, 1.54) is 12.1 Å². The molecule has 0 radical (unpaired) electrons. The van der Waals surface area contributed by atoms with Gasteiger partial charge in [-0.25, -0.2) is 4.79 Å². The molecule has 3 N–H and O–H groups in total. The van der Waals surface area contributed by atoms with Crippen molar-refractivity contribution in [3.8, 4) is 0 Å². The molecule has 94 valence electrons. The summed E-state index contributed by atoms with van der Waals surface area (Å²) in [4.78, 5) is 10.9. The second-order valence-electron chi connectivity index (χ2n) is 3.07. The van der Waals surface area contributed by atoms with Gasteiger partial charge in [0.15, 0.2) is 0 Å². The Hall–Kier alpha value is -1.12. The summed E-state index contributed by atoms with van der Waals surface area (Å²) in [5, 5.41) is 8.94. The number of carboxylic acid groups (broad SMARTS) is 1. The van der Waals surface area contributed by atoms with Crippen molar-refractivity contribution in [2.24, 2.45) is 0 Å². The zero-order chi connectivity index (χ0) is 13.1. The van der Waals surface area contributed by atoms with Crippen LogP contribution in [0, 0.1) is 0 Å². The Kier molecular flexibility index (Phi) is 4.49. The van der Waals surface area contributed by atoms with Crippen LogP contribution in [0.2, 0.25) is 0 Å². The summed E-state index contributed by atoms with van der Waals surface area (Å²) >= 11 is 3.10. The van der Waals surface area contributed by atoms with E-state index in [0.29, 0.717) is 4.47 Å². The number of carbonyl (C=O) groups is 1. The lowest BCUT2D eigenvalue weighted by molar-refractivity contribution is 0.0698. The number of nitrogens with one attached hydrogen (secondary N) is 2. The molecule has 0 fully saturated rings. The van der Waals surface area contributed by atoms with Gasteiger partial charge >= 0.3 is 5.97 Å². The quantitative estimate of drug-likeness (QED) is 0.763. The van der Waals surface area contributed by atoms with Crippen LogP contribution in [0.25, 0.3) is 0 Å². The number of benzene rings is 1. The third-order valence-electron chi connectivity index (χ3n) is 1.81. The normalized spacial score (nSPS) is 11.2. The topological polar surface area (TPSA) is 95.5 Å². The van der Waals surface area contributed by atoms with E-state index in [1.807, 2.05) is 0 Å². The van der Waals surface area contributed by atoms with E-state index >= 15 is 0 Å². The molecule has 1 aromatic rings. The molecule has 0 aliphatic carbocycles. The van der Waals surface area contributed by atoms with Crippen molar-refractivity contribution < 1.29 is 18.3 Å². The van der Waals surface area contributed by atoms with Crippen molar-refractivity contribution in [3.05, 3.63) is 28.2 Å². The highest BCUT2D eigenvalue weighted by molar-refractivity contribution is 9.10. The van der Waals surface area contributed by atoms with Crippen molar-refractivity contribution >= 4 is 37.8 Å². The Morgan fingerprint density at radius 2 is 2.12 bits per heavy atom. The summed E-state index contributed by atoms with van der Waals surface area (Å²) < 4.78 is 27.7. The number of anilines is 1. The monoisotopic (exact) mass is 322 g/mol. The van der Waals surface area contributed by atoms with E-state index < -0.39 is 16.2 Å². The van der Waals surface area contributed by atoms with Crippen molar-refractivity contribution in [2.45, 2.75) is 6.92 Å². The molecule has 0 aliphatic rings. The predicted molar refractivity (Wildman–Crippen MR) is 67.3 cm³/mol. The maximum Gasteiger partial charge on any atom is 0.337 e. The third kappa shape index (κ3) is 3.69. The van der Waals surface area contributed by atoms with Crippen LogP contribution in [0.5, 0.6) is 0 Å². The Labute approximate surface area is 107 Å². The van der Waals surface area contributed by atoms with Gasteiger partial charge in [-0.3, -0.25) is 4.72 Å². The van der Waals surface area contributed by atoms with Crippen LogP contribution in [0.4, 0.5) is 5.69 Å². The van der Waals surface area contributed by atoms with Crippen LogP contribution < -0.4 is 9.44 Å². The van der Waals surface area contributed by atoms with Crippen molar-refractivity contribution in [2.75, 3.05) is 11.3 Å². The second kappa shape index (κ2) is 5.48. The maximum atomic E-state index is 11.5. The summed E-state index contributed by atoms with van der Waals surface area (Å²) in [6.07, 6.45) is 0. The molecule has 0 heterocycles.